The van der Waals surface area contributed by atoms with Gasteiger partial charge in [-0.25, -0.2) is 0 Å². The smallest absolute Gasteiger partial charge is 0.267 e. The highest BCUT2D eigenvalue weighted by molar-refractivity contribution is 7.98. The van der Waals surface area contributed by atoms with E-state index in [0.717, 1.165) is 22.3 Å². The SMILES string of the molecule is O=C(Nc1nnc(CSCCOc2ccccc2)s1)c1cccs1. The standard InChI is InChI=1S/C16H15N3O2S3/c20-15(13-7-4-9-23-13)17-16-19-18-14(24-16)11-22-10-8-21-12-5-2-1-3-6-12/h1-7,9H,8,10-11H2,(H,17,19,20). The van der Waals surface area contributed by atoms with Crippen molar-refractivity contribution in [1.82, 2.24) is 10.2 Å². The summed E-state index contributed by atoms with van der Waals surface area (Å²) in [6, 6.07) is 13.4. The number of hydrogen-bond donors (Lipinski definition) is 1. The minimum Gasteiger partial charge on any atom is -0.493 e. The third-order valence-electron chi connectivity index (χ3n) is 2.90. The summed E-state index contributed by atoms with van der Waals surface area (Å²) in [5.74, 6) is 2.36. The first kappa shape index (κ1) is 16.9. The molecular formula is C16H15N3O2S3. The van der Waals surface area contributed by atoms with E-state index in [4.69, 9.17) is 4.74 Å². The molecule has 0 unspecified atom stereocenters. The van der Waals surface area contributed by atoms with Crippen LogP contribution in [0.15, 0.2) is 47.8 Å². The maximum Gasteiger partial charge on any atom is 0.267 e. The molecule has 0 saturated heterocycles. The molecule has 1 N–H and O–H groups in total. The molecular weight excluding hydrogens is 362 g/mol. The van der Waals surface area contributed by atoms with Crippen LogP contribution in [-0.2, 0) is 5.75 Å². The number of thioether (sulfide) groups is 1. The molecule has 0 atom stereocenters. The monoisotopic (exact) mass is 377 g/mol. The number of carbonyl (C=O) groups excluding carboxylic acids is 1. The van der Waals surface area contributed by atoms with Crippen LogP contribution >= 0.6 is 34.4 Å². The molecule has 0 bridgehead atoms. The number of hydrogen-bond acceptors (Lipinski definition) is 7. The number of nitrogens with zero attached hydrogens (tertiary/aromatic N) is 2. The maximum atomic E-state index is 11.9. The topological polar surface area (TPSA) is 64.1 Å². The molecule has 3 rings (SSSR count). The number of rotatable bonds is 8. The van der Waals surface area contributed by atoms with E-state index < -0.39 is 0 Å². The number of thiophene rings is 1. The highest BCUT2D eigenvalue weighted by Crippen LogP contribution is 2.21. The van der Waals surface area contributed by atoms with Crippen molar-refractivity contribution in [3.8, 4) is 5.75 Å². The van der Waals surface area contributed by atoms with Crippen LogP contribution in [0.4, 0.5) is 5.13 Å². The lowest BCUT2D eigenvalue weighted by Gasteiger charge is -2.04. The number of anilines is 1. The summed E-state index contributed by atoms with van der Waals surface area (Å²) in [4.78, 5) is 12.6. The molecule has 0 fully saturated rings. The second-order valence-electron chi connectivity index (χ2n) is 4.65. The molecule has 1 amide bonds. The molecule has 2 aromatic heterocycles. The Morgan fingerprint density at radius 3 is 2.83 bits per heavy atom. The van der Waals surface area contributed by atoms with Crippen LogP contribution < -0.4 is 10.1 Å². The quantitative estimate of drug-likeness (QED) is 0.597. The fourth-order valence-electron chi connectivity index (χ4n) is 1.82. The van der Waals surface area contributed by atoms with Crippen molar-refractivity contribution in [3.05, 3.63) is 57.7 Å². The maximum absolute atomic E-state index is 11.9. The molecule has 24 heavy (non-hydrogen) atoms. The van der Waals surface area contributed by atoms with E-state index in [1.807, 2.05) is 41.8 Å². The predicted molar refractivity (Wildman–Crippen MR) is 100 cm³/mol. The molecule has 3 aromatic rings. The van der Waals surface area contributed by atoms with Crippen LogP contribution in [0.25, 0.3) is 0 Å². The fourth-order valence-corrected chi connectivity index (χ4v) is 4.04. The molecule has 0 spiro atoms. The summed E-state index contributed by atoms with van der Waals surface area (Å²) >= 11 is 4.53. The van der Waals surface area contributed by atoms with Gasteiger partial charge < -0.3 is 4.74 Å². The Morgan fingerprint density at radius 2 is 2.04 bits per heavy atom. The summed E-state index contributed by atoms with van der Waals surface area (Å²) in [5, 5.41) is 14.2. The highest BCUT2D eigenvalue weighted by Gasteiger charge is 2.10. The van der Waals surface area contributed by atoms with Crippen molar-refractivity contribution >= 4 is 45.5 Å². The molecule has 0 aliphatic carbocycles. The summed E-state index contributed by atoms with van der Waals surface area (Å²) in [7, 11) is 0. The van der Waals surface area contributed by atoms with Crippen LogP contribution in [0.2, 0.25) is 0 Å². The summed E-state index contributed by atoms with van der Waals surface area (Å²) in [6.45, 7) is 0.648. The van der Waals surface area contributed by atoms with Gasteiger partial charge in [0, 0.05) is 11.5 Å². The molecule has 8 heteroatoms. The van der Waals surface area contributed by atoms with Gasteiger partial charge >= 0.3 is 0 Å². The summed E-state index contributed by atoms with van der Waals surface area (Å²) in [5.41, 5.74) is 0. The Hall–Kier alpha value is -1.90. The summed E-state index contributed by atoms with van der Waals surface area (Å²) < 4.78 is 5.63. The van der Waals surface area contributed by atoms with Gasteiger partial charge in [0.25, 0.3) is 5.91 Å². The molecule has 5 nitrogen and oxygen atoms in total. The molecule has 124 valence electrons. The van der Waals surface area contributed by atoms with Gasteiger partial charge in [0.15, 0.2) is 0 Å². The zero-order chi connectivity index (χ0) is 16.6. The zero-order valence-corrected chi connectivity index (χ0v) is 15.1. The van der Waals surface area contributed by atoms with Crippen molar-refractivity contribution in [2.45, 2.75) is 5.75 Å². The highest BCUT2D eigenvalue weighted by atomic mass is 32.2. The lowest BCUT2D eigenvalue weighted by Crippen LogP contribution is -2.09. The van der Waals surface area contributed by atoms with Gasteiger partial charge in [0.05, 0.1) is 11.5 Å². The molecule has 0 aliphatic heterocycles. The third-order valence-corrected chi connectivity index (χ3v) is 5.72. The lowest BCUT2D eigenvalue weighted by molar-refractivity contribution is 0.103. The average molecular weight is 378 g/mol. The normalized spacial score (nSPS) is 10.5. The Labute approximate surface area is 152 Å². The van der Waals surface area contributed by atoms with E-state index >= 15 is 0 Å². The first-order valence-electron chi connectivity index (χ1n) is 7.24. The first-order chi connectivity index (χ1) is 11.8. The van der Waals surface area contributed by atoms with E-state index in [0.29, 0.717) is 16.6 Å². The van der Waals surface area contributed by atoms with E-state index in [9.17, 15) is 4.79 Å². The number of amides is 1. The second kappa shape index (κ2) is 8.81. The lowest BCUT2D eigenvalue weighted by atomic mass is 10.3. The number of carbonyl (C=O) groups is 1. The largest absolute Gasteiger partial charge is 0.493 e. The molecule has 0 saturated carbocycles. The van der Waals surface area contributed by atoms with Crippen LogP contribution in [0, 0.1) is 0 Å². The van der Waals surface area contributed by atoms with Gasteiger partial charge in [-0.3, -0.25) is 10.1 Å². The van der Waals surface area contributed by atoms with Crippen molar-refractivity contribution in [3.63, 3.8) is 0 Å². The van der Waals surface area contributed by atoms with Crippen molar-refractivity contribution in [1.29, 1.82) is 0 Å². The Morgan fingerprint density at radius 1 is 1.17 bits per heavy atom. The van der Waals surface area contributed by atoms with E-state index in [1.165, 1.54) is 22.7 Å². The van der Waals surface area contributed by atoms with E-state index in [1.54, 1.807) is 17.8 Å². The van der Waals surface area contributed by atoms with Gasteiger partial charge in [-0.05, 0) is 23.6 Å². The first-order valence-corrected chi connectivity index (χ1v) is 10.1. The van der Waals surface area contributed by atoms with Crippen molar-refractivity contribution in [2.75, 3.05) is 17.7 Å². The number of benzene rings is 1. The van der Waals surface area contributed by atoms with E-state index in [2.05, 4.69) is 15.5 Å². The van der Waals surface area contributed by atoms with Crippen molar-refractivity contribution < 1.29 is 9.53 Å². The molecule has 0 aliphatic rings. The van der Waals surface area contributed by atoms with Gasteiger partial charge in [0.1, 0.15) is 10.8 Å². The minimum absolute atomic E-state index is 0.142. The fraction of sp³-hybridized carbons (Fsp3) is 0.188. The van der Waals surface area contributed by atoms with Gasteiger partial charge in [0.2, 0.25) is 5.13 Å². The van der Waals surface area contributed by atoms with Gasteiger partial charge in [-0.15, -0.1) is 21.5 Å². The number of para-hydroxylation sites is 1. The predicted octanol–water partition coefficient (Wildman–Crippen LogP) is 4.16. The summed E-state index contributed by atoms with van der Waals surface area (Å²) in [6.07, 6.45) is 0. The van der Waals surface area contributed by atoms with Gasteiger partial charge in [-0.1, -0.05) is 35.6 Å². The zero-order valence-electron chi connectivity index (χ0n) is 12.7. The Bertz CT molecular complexity index is 760. The molecule has 1 aromatic carbocycles. The average Bonchev–Trinajstić information content (AvgIpc) is 3.27. The molecule has 0 radical (unpaired) electrons. The van der Waals surface area contributed by atoms with Crippen LogP contribution in [-0.4, -0.2) is 28.5 Å². The van der Waals surface area contributed by atoms with Crippen molar-refractivity contribution in [2.24, 2.45) is 0 Å². The number of nitrogens with one attached hydrogen (secondary N) is 1. The van der Waals surface area contributed by atoms with Crippen LogP contribution in [0.5, 0.6) is 5.75 Å². The Balaban J connectivity index is 1.37. The van der Waals surface area contributed by atoms with Crippen LogP contribution in [0.3, 0.4) is 0 Å². The van der Waals surface area contributed by atoms with Crippen LogP contribution in [0.1, 0.15) is 14.7 Å². The molecule has 2 heterocycles. The third kappa shape index (κ3) is 5.05. The van der Waals surface area contributed by atoms with E-state index in [-0.39, 0.29) is 5.91 Å². The Kier molecular flexibility index (Phi) is 6.22. The number of aromatic nitrogens is 2. The minimum atomic E-state index is -0.142. The van der Waals surface area contributed by atoms with Gasteiger partial charge in [-0.2, -0.15) is 11.8 Å². The second-order valence-corrected chi connectivity index (χ2v) is 7.76. The number of ether oxygens (including phenoxy) is 1.